The van der Waals surface area contributed by atoms with Crippen molar-refractivity contribution in [2.45, 2.75) is 90.4 Å². The monoisotopic (exact) mass is 389 g/mol. The van der Waals surface area contributed by atoms with Gasteiger partial charge in [0.2, 0.25) is 0 Å². The van der Waals surface area contributed by atoms with E-state index in [-0.39, 0.29) is 17.4 Å². The highest BCUT2D eigenvalue weighted by Gasteiger charge is 2.27. The van der Waals surface area contributed by atoms with Gasteiger partial charge in [-0.15, -0.1) is 0 Å². The quantitative estimate of drug-likeness (QED) is 0.406. The third-order valence-electron chi connectivity index (χ3n) is 5.09. The Hall–Kier alpha value is -0.780. The molecule has 0 spiro atoms. The molecule has 1 fully saturated rings. The van der Waals surface area contributed by atoms with Crippen LogP contribution in [0.4, 0.5) is 4.79 Å². The molecule has 154 valence electrons. The molecule has 1 N–H and O–H groups in total. The maximum absolute atomic E-state index is 11.6. The smallest absolute Gasteiger partial charge is 0.407 e. The summed E-state index contributed by atoms with van der Waals surface area (Å²) in [5.74, 6) is 0.471. The molecule has 5 nitrogen and oxygen atoms in total. The number of unbranched alkanes of at least 4 members (excludes halogenated alkanes) is 11. The zero-order valence-corrected chi connectivity index (χ0v) is 17.5. The Morgan fingerprint density at radius 2 is 1.46 bits per heavy atom. The first-order valence-corrected chi connectivity index (χ1v) is 12.5. The SMILES string of the molecule is CCCCCCCCCCCCCCOC(=O)NCC1CCS(=O)(=O)C1. The van der Waals surface area contributed by atoms with Crippen molar-refractivity contribution in [3.05, 3.63) is 0 Å². The van der Waals surface area contributed by atoms with Gasteiger partial charge < -0.3 is 10.1 Å². The summed E-state index contributed by atoms with van der Waals surface area (Å²) in [6.07, 6.45) is 15.6. The fraction of sp³-hybridized carbons (Fsp3) is 0.950. The fourth-order valence-corrected chi connectivity index (χ4v) is 5.28. The Labute approximate surface area is 160 Å². The lowest BCUT2D eigenvalue weighted by atomic mass is 10.1. The first-order valence-electron chi connectivity index (χ1n) is 10.6. The second-order valence-electron chi connectivity index (χ2n) is 7.67. The summed E-state index contributed by atoms with van der Waals surface area (Å²) >= 11 is 0. The summed E-state index contributed by atoms with van der Waals surface area (Å²) in [6, 6.07) is 0. The van der Waals surface area contributed by atoms with Crippen molar-refractivity contribution in [2.75, 3.05) is 24.7 Å². The average molecular weight is 390 g/mol. The van der Waals surface area contributed by atoms with Crippen LogP contribution in [0.2, 0.25) is 0 Å². The lowest BCUT2D eigenvalue weighted by Gasteiger charge is -2.10. The van der Waals surface area contributed by atoms with E-state index in [2.05, 4.69) is 12.2 Å². The van der Waals surface area contributed by atoms with E-state index in [1.54, 1.807) is 0 Å². The third kappa shape index (κ3) is 12.6. The largest absolute Gasteiger partial charge is 0.450 e. The molecule has 0 saturated carbocycles. The number of carbonyl (C=O) groups is 1. The molecule has 1 aliphatic heterocycles. The van der Waals surface area contributed by atoms with Crippen molar-refractivity contribution in [1.82, 2.24) is 5.32 Å². The first-order chi connectivity index (χ1) is 12.5. The summed E-state index contributed by atoms with van der Waals surface area (Å²) in [5.41, 5.74) is 0. The van der Waals surface area contributed by atoms with Crippen LogP contribution in [-0.2, 0) is 14.6 Å². The molecule has 0 aromatic rings. The highest BCUT2D eigenvalue weighted by Crippen LogP contribution is 2.17. The van der Waals surface area contributed by atoms with Crippen LogP contribution in [0, 0.1) is 5.92 Å². The van der Waals surface area contributed by atoms with Gasteiger partial charge in [-0.2, -0.15) is 0 Å². The molecule has 1 saturated heterocycles. The molecular formula is C20H39NO4S. The minimum Gasteiger partial charge on any atom is -0.450 e. The van der Waals surface area contributed by atoms with Gasteiger partial charge in [-0.05, 0) is 18.8 Å². The average Bonchev–Trinajstić information content (AvgIpc) is 2.96. The predicted molar refractivity (Wildman–Crippen MR) is 107 cm³/mol. The van der Waals surface area contributed by atoms with Gasteiger partial charge in [-0.25, -0.2) is 13.2 Å². The number of carbonyl (C=O) groups excluding carboxylic acids is 1. The second kappa shape index (κ2) is 14.3. The van der Waals surface area contributed by atoms with Crippen molar-refractivity contribution < 1.29 is 17.9 Å². The molecule has 1 heterocycles. The number of hydrogen-bond acceptors (Lipinski definition) is 4. The Morgan fingerprint density at radius 1 is 0.923 bits per heavy atom. The van der Waals surface area contributed by atoms with Crippen LogP contribution in [0.1, 0.15) is 90.4 Å². The van der Waals surface area contributed by atoms with E-state index >= 15 is 0 Å². The van der Waals surface area contributed by atoms with Gasteiger partial charge in [0.15, 0.2) is 9.84 Å². The molecule has 0 aromatic carbocycles. The molecule has 26 heavy (non-hydrogen) atoms. The van der Waals surface area contributed by atoms with E-state index in [0.717, 1.165) is 12.8 Å². The number of rotatable bonds is 15. The number of nitrogens with one attached hydrogen (secondary N) is 1. The van der Waals surface area contributed by atoms with Gasteiger partial charge in [-0.1, -0.05) is 77.6 Å². The van der Waals surface area contributed by atoms with Crippen molar-refractivity contribution in [1.29, 1.82) is 0 Å². The lowest BCUT2D eigenvalue weighted by molar-refractivity contribution is 0.142. The molecule has 1 atom stereocenters. The van der Waals surface area contributed by atoms with Gasteiger partial charge in [0, 0.05) is 6.54 Å². The van der Waals surface area contributed by atoms with E-state index in [1.807, 2.05) is 0 Å². The van der Waals surface area contributed by atoms with Crippen molar-refractivity contribution in [3.63, 3.8) is 0 Å². The minimum absolute atomic E-state index is 0.0409. The van der Waals surface area contributed by atoms with Crippen molar-refractivity contribution >= 4 is 15.9 Å². The summed E-state index contributed by atoms with van der Waals surface area (Å²) < 4.78 is 27.8. The summed E-state index contributed by atoms with van der Waals surface area (Å²) in [7, 11) is -2.88. The van der Waals surface area contributed by atoms with E-state index in [0.29, 0.717) is 19.6 Å². The van der Waals surface area contributed by atoms with Crippen molar-refractivity contribution in [3.8, 4) is 0 Å². The fourth-order valence-electron chi connectivity index (χ4n) is 3.42. The van der Waals surface area contributed by atoms with Crippen LogP contribution in [0.3, 0.4) is 0 Å². The number of ether oxygens (including phenoxy) is 1. The summed E-state index contributed by atoms with van der Waals surface area (Å²) in [6.45, 7) is 3.10. The molecule has 0 aromatic heterocycles. The molecule has 1 rings (SSSR count). The van der Waals surface area contributed by atoms with Gasteiger partial charge >= 0.3 is 6.09 Å². The predicted octanol–water partition coefficient (Wildman–Crippen LogP) is 4.85. The van der Waals surface area contributed by atoms with Crippen LogP contribution in [-0.4, -0.2) is 39.2 Å². The molecule has 6 heteroatoms. The van der Waals surface area contributed by atoms with Crippen LogP contribution in [0.15, 0.2) is 0 Å². The van der Waals surface area contributed by atoms with Crippen LogP contribution < -0.4 is 5.32 Å². The number of sulfone groups is 1. The van der Waals surface area contributed by atoms with Crippen LogP contribution in [0.5, 0.6) is 0 Å². The second-order valence-corrected chi connectivity index (χ2v) is 9.90. The highest BCUT2D eigenvalue weighted by atomic mass is 32.2. The number of hydrogen-bond donors (Lipinski definition) is 1. The summed E-state index contributed by atoms with van der Waals surface area (Å²) in [4.78, 5) is 11.6. The standard InChI is InChI=1S/C20H39NO4S/c1-2-3-4-5-6-7-8-9-10-11-12-13-15-25-20(22)21-17-19-14-16-26(23,24)18-19/h19H,2-18H2,1H3,(H,21,22). The Bertz CT molecular complexity index is 464. The van der Waals surface area contributed by atoms with Crippen LogP contribution >= 0.6 is 0 Å². The lowest BCUT2D eigenvalue weighted by Crippen LogP contribution is -2.30. The molecule has 1 amide bonds. The maximum Gasteiger partial charge on any atom is 0.407 e. The topological polar surface area (TPSA) is 72.5 Å². The summed E-state index contributed by atoms with van der Waals surface area (Å²) in [5, 5.41) is 2.68. The first kappa shape index (κ1) is 23.3. The zero-order chi connectivity index (χ0) is 19.1. The Balaban J connectivity index is 1.80. The van der Waals surface area contributed by atoms with Gasteiger partial charge in [0.05, 0.1) is 18.1 Å². The van der Waals surface area contributed by atoms with Gasteiger partial charge in [-0.3, -0.25) is 0 Å². The normalized spacial score (nSPS) is 18.7. The van der Waals surface area contributed by atoms with Crippen molar-refractivity contribution in [2.24, 2.45) is 5.92 Å². The molecule has 0 aliphatic carbocycles. The zero-order valence-electron chi connectivity index (χ0n) is 16.6. The molecule has 0 bridgehead atoms. The third-order valence-corrected chi connectivity index (χ3v) is 6.93. The van der Waals surface area contributed by atoms with E-state index < -0.39 is 15.9 Å². The number of amides is 1. The molecule has 1 aliphatic rings. The van der Waals surface area contributed by atoms with Gasteiger partial charge in [0.1, 0.15) is 0 Å². The molecule has 1 unspecified atom stereocenters. The Morgan fingerprint density at radius 3 is 1.96 bits per heavy atom. The molecule has 0 radical (unpaired) electrons. The number of alkyl carbamates (subject to hydrolysis) is 1. The Kier molecular flexibility index (Phi) is 12.8. The van der Waals surface area contributed by atoms with E-state index in [1.165, 1.54) is 64.2 Å². The maximum atomic E-state index is 11.6. The van der Waals surface area contributed by atoms with E-state index in [9.17, 15) is 13.2 Å². The van der Waals surface area contributed by atoms with Crippen LogP contribution in [0.25, 0.3) is 0 Å². The molecular weight excluding hydrogens is 350 g/mol. The minimum atomic E-state index is -2.88. The highest BCUT2D eigenvalue weighted by molar-refractivity contribution is 7.91. The van der Waals surface area contributed by atoms with E-state index in [4.69, 9.17) is 4.74 Å². The van der Waals surface area contributed by atoms with Gasteiger partial charge in [0.25, 0.3) is 0 Å².